The normalized spacial score (nSPS) is 15.6. The number of benzene rings is 4. The van der Waals surface area contributed by atoms with Gasteiger partial charge in [0.15, 0.2) is 13.5 Å². The smallest absolute Gasteiger partial charge is 0.307 e. The molecular weight excluding hydrogens is 1160 g/mol. The van der Waals surface area contributed by atoms with E-state index in [1.54, 1.807) is 9.80 Å². The van der Waals surface area contributed by atoms with Gasteiger partial charge in [0, 0.05) is 122 Å². The molecule has 0 atom stereocenters. The molecular formula is C74H100N6O8S2. The van der Waals surface area contributed by atoms with Gasteiger partial charge in [0.1, 0.15) is 11.5 Å². The molecule has 16 heteroatoms. The molecule has 0 saturated carbocycles. The zero-order valence-electron chi connectivity index (χ0n) is 53.7. The molecule has 2 amide bonds. The van der Waals surface area contributed by atoms with Crippen molar-refractivity contribution in [3.05, 3.63) is 107 Å². The van der Waals surface area contributed by atoms with Crippen molar-refractivity contribution in [2.45, 2.75) is 180 Å². The van der Waals surface area contributed by atoms with Gasteiger partial charge < -0.3 is 28.7 Å². The Bertz CT molecular complexity index is 2980. The lowest BCUT2D eigenvalue weighted by Crippen LogP contribution is -2.46. The minimum Gasteiger partial charge on any atom is -0.494 e. The molecule has 90 heavy (non-hydrogen) atoms. The maximum absolute atomic E-state index is 13.0. The summed E-state index contributed by atoms with van der Waals surface area (Å²) in [6.45, 7) is 11.7. The van der Waals surface area contributed by atoms with Gasteiger partial charge in [0.2, 0.25) is 11.8 Å². The highest BCUT2D eigenvalue weighted by molar-refractivity contribution is 7.17. The maximum atomic E-state index is 13.0. The van der Waals surface area contributed by atoms with E-state index < -0.39 is 0 Å². The van der Waals surface area contributed by atoms with E-state index in [9.17, 15) is 19.2 Å². The highest BCUT2D eigenvalue weighted by Crippen LogP contribution is 2.36. The molecule has 0 unspecified atom stereocenters. The Morgan fingerprint density at radius 3 is 1.16 bits per heavy atom. The Kier molecular flexibility index (Phi) is 26.8. The molecule has 0 bridgehead atoms. The predicted molar refractivity (Wildman–Crippen MR) is 369 cm³/mol. The average molecular weight is 1270 g/mol. The molecule has 4 aliphatic heterocycles. The third-order valence-electron chi connectivity index (χ3n) is 18.9. The number of hydrogen-bond acceptors (Lipinski definition) is 14. The molecule has 10 rings (SSSR count). The first kappa shape index (κ1) is 66.7. The van der Waals surface area contributed by atoms with Gasteiger partial charge in [-0.05, 0) is 135 Å². The minimum atomic E-state index is -0.241. The number of carbonyl (C=O) groups is 4. The van der Waals surface area contributed by atoms with Crippen LogP contribution in [0, 0.1) is 0 Å². The molecule has 6 heterocycles. The molecule has 0 aliphatic carbocycles. The number of esters is 2. The highest BCUT2D eigenvalue weighted by Gasteiger charge is 2.28. The number of thiophene rings is 2. The van der Waals surface area contributed by atoms with Crippen LogP contribution in [0.3, 0.4) is 0 Å². The molecule has 14 nitrogen and oxygen atoms in total. The second kappa shape index (κ2) is 36.1. The van der Waals surface area contributed by atoms with E-state index in [2.05, 4.69) is 78.9 Å². The number of rotatable bonds is 39. The predicted octanol–water partition coefficient (Wildman–Crippen LogP) is 16.1. The first-order chi connectivity index (χ1) is 44.3. The van der Waals surface area contributed by atoms with Crippen LogP contribution in [0.1, 0.15) is 178 Å². The zero-order chi connectivity index (χ0) is 62.0. The monoisotopic (exact) mass is 1260 g/mol. The molecule has 4 aliphatic rings. The van der Waals surface area contributed by atoms with Gasteiger partial charge in [-0.3, -0.25) is 38.8 Å². The largest absolute Gasteiger partial charge is 0.494 e. The van der Waals surface area contributed by atoms with Crippen molar-refractivity contribution in [3.63, 3.8) is 0 Å². The molecule has 0 N–H and O–H groups in total. The van der Waals surface area contributed by atoms with Gasteiger partial charge in [0.05, 0.1) is 24.6 Å². The molecule has 2 fully saturated rings. The van der Waals surface area contributed by atoms with Crippen LogP contribution >= 0.6 is 22.7 Å². The molecule has 4 aromatic carbocycles. The summed E-state index contributed by atoms with van der Waals surface area (Å²) in [5.41, 5.74) is 6.47. The Labute approximate surface area is 544 Å². The first-order valence-electron chi connectivity index (χ1n) is 34.6. The van der Waals surface area contributed by atoms with Crippen LogP contribution in [0.15, 0.2) is 95.7 Å². The van der Waals surface area contributed by atoms with Crippen molar-refractivity contribution in [2.75, 3.05) is 112 Å². The topological polar surface area (TPSA) is 125 Å². The van der Waals surface area contributed by atoms with Crippen LogP contribution < -0.4 is 29.1 Å². The summed E-state index contributed by atoms with van der Waals surface area (Å²) in [5.74, 6) is 0.976. The number of amides is 2. The van der Waals surface area contributed by atoms with Crippen molar-refractivity contribution >= 4 is 89.3 Å². The standard InChI is InChI=1S/C74H100N6O8S2/c81-71-37-33-59-31-35-61(85-51-21-19-41-75-43-47-77(48-44-75)65-25-23-27-69-63(65)39-53-89-69)55-67(59)79(71)57-87-73(83)29-17-15-13-11-9-7-5-3-1-2-4-6-8-10-12-14-16-18-30-74(84)88-58-80-68-56-62(36-32-60(68)34-38-72(80)82)86-52-22-20-42-76-45-49-78(50-46-76)66-26-24-28-70-64(66)40-54-90-70/h23-28,31-32,35-36,39-40,53-56H,1-22,29-30,33-34,37-38,41-52,57-58H2. The van der Waals surface area contributed by atoms with Crippen LogP contribution in [0.25, 0.3) is 20.2 Å². The fourth-order valence-corrected chi connectivity index (χ4v) is 15.1. The number of hydrogen-bond donors (Lipinski definition) is 0. The van der Waals surface area contributed by atoms with Gasteiger partial charge in [-0.15, -0.1) is 22.7 Å². The van der Waals surface area contributed by atoms with Crippen molar-refractivity contribution < 1.29 is 38.1 Å². The van der Waals surface area contributed by atoms with Crippen LogP contribution in [0.2, 0.25) is 0 Å². The maximum Gasteiger partial charge on any atom is 0.307 e. The summed E-state index contributed by atoms with van der Waals surface area (Å²) in [4.78, 5) is 65.0. The second-order valence-electron chi connectivity index (χ2n) is 25.4. The number of aryl methyl sites for hydroxylation is 2. The fourth-order valence-electron chi connectivity index (χ4n) is 13.5. The Hall–Kier alpha value is -6.20. The SMILES string of the molecule is O=C(CCCCCCCCCCCCCCCCCCCCC(=O)OCN1C(=O)CCc2ccc(OCCCCN3CCN(c4cccc5sccc45)CC3)cc21)OCN1C(=O)CCc2ccc(OCCCCN3CCN(c4cccc5sccc45)CC3)cc21. The van der Waals surface area contributed by atoms with Crippen molar-refractivity contribution in [2.24, 2.45) is 0 Å². The lowest BCUT2D eigenvalue weighted by Gasteiger charge is -2.36. The Morgan fingerprint density at radius 2 is 0.767 bits per heavy atom. The van der Waals surface area contributed by atoms with Crippen LogP contribution in [0.5, 0.6) is 11.5 Å². The fraction of sp³-hybridized carbons (Fsp3) is 0.568. The van der Waals surface area contributed by atoms with E-state index in [1.165, 1.54) is 109 Å². The summed E-state index contributed by atoms with van der Waals surface area (Å²) in [6.07, 6.45) is 28.3. The number of piperazine rings is 2. The molecule has 2 saturated heterocycles. The number of anilines is 4. The zero-order valence-corrected chi connectivity index (χ0v) is 55.3. The van der Waals surface area contributed by atoms with Gasteiger partial charge in [0.25, 0.3) is 0 Å². The van der Waals surface area contributed by atoms with Crippen LogP contribution in [0.4, 0.5) is 22.7 Å². The summed E-state index contributed by atoms with van der Waals surface area (Å²) in [6, 6.07) is 29.7. The van der Waals surface area contributed by atoms with E-state index in [0.717, 1.165) is 164 Å². The first-order valence-corrected chi connectivity index (χ1v) is 36.4. The van der Waals surface area contributed by atoms with Crippen LogP contribution in [-0.4, -0.2) is 126 Å². The van der Waals surface area contributed by atoms with E-state index >= 15 is 0 Å². The number of fused-ring (bicyclic) bond motifs is 4. The van der Waals surface area contributed by atoms with E-state index in [4.69, 9.17) is 18.9 Å². The van der Waals surface area contributed by atoms with Gasteiger partial charge in [-0.25, -0.2) is 0 Å². The summed E-state index contributed by atoms with van der Waals surface area (Å²) in [7, 11) is 0. The Balaban J connectivity index is 0.478. The second-order valence-corrected chi connectivity index (χ2v) is 27.3. The third-order valence-corrected chi connectivity index (χ3v) is 20.6. The third kappa shape index (κ3) is 20.1. The highest BCUT2D eigenvalue weighted by atomic mass is 32.1. The number of unbranched alkanes of at least 4 members (excludes halogenated alkanes) is 19. The molecule has 0 spiro atoms. The molecule has 0 radical (unpaired) electrons. The van der Waals surface area contributed by atoms with Crippen molar-refractivity contribution in [1.29, 1.82) is 0 Å². The van der Waals surface area contributed by atoms with E-state index in [0.29, 0.717) is 51.7 Å². The summed E-state index contributed by atoms with van der Waals surface area (Å²) in [5, 5.41) is 7.10. The quantitative estimate of drug-likeness (QED) is 0.0269. The van der Waals surface area contributed by atoms with Crippen molar-refractivity contribution in [1.82, 2.24) is 9.80 Å². The lowest BCUT2D eigenvalue weighted by atomic mass is 10.0. The lowest BCUT2D eigenvalue weighted by molar-refractivity contribution is -0.145. The number of carbonyl (C=O) groups excluding carboxylic acids is 4. The summed E-state index contributed by atoms with van der Waals surface area (Å²) >= 11 is 3.62. The molecule has 2 aromatic heterocycles. The van der Waals surface area contributed by atoms with Gasteiger partial charge >= 0.3 is 11.9 Å². The Morgan fingerprint density at radius 1 is 0.389 bits per heavy atom. The van der Waals surface area contributed by atoms with Gasteiger partial charge in [-0.2, -0.15) is 0 Å². The minimum absolute atomic E-state index is 0.0196. The van der Waals surface area contributed by atoms with Gasteiger partial charge in [-0.1, -0.05) is 127 Å². The molecule has 6 aromatic rings. The van der Waals surface area contributed by atoms with E-state index in [1.807, 2.05) is 59.1 Å². The van der Waals surface area contributed by atoms with Crippen LogP contribution in [-0.2, 0) is 41.5 Å². The van der Waals surface area contributed by atoms with E-state index in [-0.39, 0.29) is 37.2 Å². The summed E-state index contributed by atoms with van der Waals surface area (Å²) < 4.78 is 26.4. The number of nitrogens with zero attached hydrogens (tertiary/aromatic N) is 6. The average Bonchev–Trinajstić information content (AvgIpc) is 1.32. The number of ether oxygens (including phenoxy) is 4. The van der Waals surface area contributed by atoms with Crippen molar-refractivity contribution in [3.8, 4) is 11.5 Å². The molecule has 486 valence electrons.